The van der Waals surface area contributed by atoms with E-state index in [0.29, 0.717) is 29.6 Å². The number of thiazole rings is 1. The molecule has 11 nitrogen and oxygen atoms in total. The van der Waals surface area contributed by atoms with Gasteiger partial charge in [0.05, 0.1) is 23.2 Å². The van der Waals surface area contributed by atoms with Crippen LogP contribution in [0.5, 0.6) is 0 Å². The molecule has 1 aromatic carbocycles. The Hall–Kier alpha value is -3.55. The van der Waals surface area contributed by atoms with Gasteiger partial charge in [-0.1, -0.05) is 23.7 Å². The van der Waals surface area contributed by atoms with Crippen LogP contribution in [0.15, 0.2) is 46.0 Å². The molecular formula is C27H28ClFN6O5S. The second-order valence-corrected chi connectivity index (χ2v) is 11.6. The first kappa shape index (κ1) is 27.6. The third kappa shape index (κ3) is 5.06. The number of halogens is 2. The molecule has 0 radical (unpaired) electrons. The Morgan fingerprint density at radius 2 is 2.07 bits per heavy atom. The summed E-state index contributed by atoms with van der Waals surface area (Å²) in [6.07, 6.45) is 3.47. The van der Waals surface area contributed by atoms with Crippen molar-refractivity contribution >= 4 is 46.7 Å². The molecule has 14 heteroatoms. The number of aliphatic carboxylic acids is 1. The number of amidine groups is 1. The van der Waals surface area contributed by atoms with Gasteiger partial charge >= 0.3 is 18.0 Å². The Morgan fingerprint density at radius 1 is 1.27 bits per heavy atom. The van der Waals surface area contributed by atoms with E-state index >= 15 is 0 Å². The number of rotatable bonds is 8. The van der Waals surface area contributed by atoms with Crippen LogP contribution in [0.3, 0.4) is 0 Å². The number of aliphatic imine (C=N–C) groups is 1. The van der Waals surface area contributed by atoms with Crippen LogP contribution >= 0.6 is 22.9 Å². The summed E-state index contributed by atoms with van der Waals surface area (Å²) in [6.45, 7) is 2.73. The molecule has 3 fully saturated rings. The number of piperazine rings is 1. The van der Waals surface area contributed by atoms with Crippen molar-refractivity contribution in [2.45, 2.75) is 43.9 Å². The number of carboxylic acids is 1. The number of amides is 2. The number of hydrogen-bond acceptors (Lipinski definition) is 9. The Balaban J connectivity index is 1.41. The second-order valence-electron chi connectivity index (χ2n) is 10.3. The summed E-state index contributed by atoms with van der Waals surface area (Å²) >= 11 is 7.71. The fourth-order valence-corrected chi connectivity index (χ4v) is 6.62. The number of urea groups is 1. The predicted molar refractivity (Wildman–Crippen MR) is 148 cm³/mol. The summed E-state index contributed by atoms with van der Waals surface area (Å²) < 4.78 is 20.0. The number of carbonyl (C=O) groups excluding carboxylic acids is 2. The Kier molecular flexibility index (Phi) is 7.43. The topological polar surface area (TPSA) is 128 Å². The summed E-state index contributed by atoms with van der Waals surface area (Å²) in [5.74, 6) is -2.05. The van der Waals surface area contributed by atoms with Gasteiger partial charge in [0.25, 0.3) is 0 Å². The van der Waals surface area contributed by atoms with Gasteiger partial charge in [-0.3, -0.25) is 14.7 Å². The van der Waals surface area contributed by atoms with Crippen molar-refractivity contribution in [2.75, 3.05) is 32.8 Å². The Bertz CT molecular complexity index is 1450. The lowest BCUT2D eigenvalue weighted by Crippen LogP contribution is -2.62. The number of carboxylic acid groups (broad SMARTS) is 1. The van der Waals surface area contributed by atoms with Crippen molar-refractivity contribution in [1.29, 1.82) is 0 Å². The minimum atomic E-state index is -1.06. The summed E-state index contributed by atoms with van der Waals surface area (Å²) in [6, 6.07) is 1.77. The number of hydrogen-bond donors (Lipinski definition) is 2. The monoisotopic (exact) mass is 602 g/mol. The molecule has 2 saturated heterocycles. The van der Waals surface area contributed by atoms with Crippen LogP contribution in [0.4, 0.5) is 9.18 Å². The smallest absolute Gasteiger partial charge is 0.338 e. The molecule has 4 aliphatic rings. The average Bonchev–Trinajstić information content (AvgIpc) is 3.52. The SMILES string of the molecule is CCOC(=O)C1=C(CN2CCN3C(=O)N(C4CC4)CC3C2C(=O)O)NC(c2nccs2)=NC1c1cccc(F)c1Cl. The van der Waals surface area contributed by atoms with Gasteiger partial charge in [-0.25, -0.2) is 19.0 Å². The van der Waals surface area contributed by atoms with Crippen molar-refractivity contribution < 1.29 is 28.6 Å². The molecule has 2 amide bonds. The van der Waals surface area contributed by atoms with Gasteiger partial charge in [-0.15, -0.1) is 11.3 Å². The van der Waals surface area contributed by atoms with Crippen LogP contribution in [-0.2, 0) is 14.3 Å². The lowest BCUT2D eigenvalue weighted by Gasteiger charge is -2.42. The number of aromatic nitrogens is 1. The average molecular weight is 603 g/mol. The zero-order chi connectivity index (χ0) is 28.8. The molecule has 1 saturated carbocycles. The molecular weight excluding hydrogens is 575 g/mol. The zero-order valence-corrected chi connectivity index (χ0v) is 23.7. The predicted octanol–water partition coefficient (Wildman–Crippen LogP) is 2.88. The van der Waals surface area contributed by atoms with Gasteiger partial charge in [0.15, 0.2) is 10.8 Å². The number of benzene rings is 1. The third-order valence-corrected chi connectivity index (χ3v) is 8.97. The molecule has 216 valence electrons. The van der Waals surface area contributed by atoms with Crippen LogP contribution in [0.25, 0.3) is 0 Å². The van der Waals surface area contributed by atoms with E-state index in [2.05, 4.69) is 10.3 Å². The maximum atomic E-state index is 14.6. The van der Waals surface area contributed by atoms with E-state index in [-0.39, 0.29) is 47.9 Å². The fraction of sp³-hybridized carbons (Fsp3) is 0.444. The van der Waals surface area contributed by atoms with E-state index in [0.717, 1.165) is 12.8 Å². The number of nitrogens with one attached hydrogen (secondary N) is 1. The van der Waals surface area contributed by atoms with Crippen LogP contribution in [0.2, 0.25) is 5.02 Å². The highest BCUT2D eigenvalue weighted by molar-refractivity contribution is 7.11. The van der Waals surface area contributed by atoms with Gasteiger partial charge in [0, 0.05) is 55.1 Å². The van der Waals surface area contributed by atoms with E-state index in [4.69, 9.17) is 21.3 Å². The maximum Gasteiger partial charge on any atom is 0.338 e. The van der Waals surface area contributed by atoms with Crippen molar-refractivity contribution in [3.8, 4) is 0 Å². The molecule has 2 aromatic rings. The van der Waals surface area contributed by atoms with Gasteiger partial charge < -0.3 is 25.0 Å². The van der Waals surface area contributed by atoms with Crippen LogP contribution in [-0.4, -0.2) is 99.5 Å². The molecule has 3 aliphatic heterocycles. The highest BCUT2D eigenvalue weighted by Gasteiger charge is 2.52. The molecule has 0 spiro atoms. The van der Waals surface area contributed by atoms with Crippen molar-refractivity contribution in [3.63, 3.8) is 0 Å². The van der Waals surface area contributed by atoms with Crippen molar-refractivity contribution in [3.05, 3.63) is 62.5 Å². The molecule has 41 heavy (non-hydrogen) atoms. The number of fused-ring (bicyclic) bond motifs is 1. The molecule has 1 aliphatic carbocycles. The van der Waals surface area contributed by atoms with E-state index in [9.17, 15) is 23.9 Å². The fourth-order valence-electron chi connectivity index (χ4n) is 5.80. The van der Waals surface area contributed by atoms with E-state index in [1.54, 1.807) is 39.3 Å². The standard InChI is InChI=1S/C27H28ClFN6O5S/c1-2-40-26(38)19-17(12-33-9-10-34-18(22(33)25(36)37)13-35(27(34)39)14-6-7-14)31-23(24-30-8-11-41-24)32-21(19)15-4-3-5-16(29)20(15)28/h3-5,8,11,14,18,21-22H,2,6-7,9-10,12-13H2,1H3,(H,31,32)(H,36,37). The van der Waals surface area contributed by atoms with Gasteiger partial charge in [0.1, 0.15) is 17.9 Å². The van der Waals surface area contributed by atoms with E-state index in [1.807, 2.05) is 0 Å². The normalized spacial score (nSPS) is 24.7. The summed E-state index contributed by atoms with van der Waals surface area (Å²) in [5, 5.41) is 15.7. The number of esters is 1. The third-order valence-electron chi connectivity index (χ3n) is 7.80. The van der Waals surface area contributed by atoms with Gasteiger partial charge in [0.2, 0.25) is 0 Å². The Morgan fingerprint density at radius 3 is 2.76 bits per heavy atom. The minimum absolute atomic E-state index is 0.0148. The number of nitrogens with zero attached hydrogens (tertiary/aromatic N) is 5. The molecule has 2 N–H and O–H groups in total. The molecule has 1 aromatic heterocycles. The van der Waals surface area contributed by atoms with Gasteiger partial charge in [-0.05, 0) is 25.8 Å². The Labute approximate surface area is 244 Å². The highest BCUT2D eigenvalue weighted by atomic mass is 35.5. The lowest BCUT2D eigenvalue weighted by molar-refractivity contribution is -0.147. The first-order chi connectivity index (χ1) is 19.8. The summed E-state index contributed by atoms with van der Waals surface area (Å²) in [4.78, 5) is 53.4. The second kappa shape index (κ2) is 11.0. The maximum absolute atomic E-state index is 14.6. The first-order valence-corrected chi connectivity index (χ1v) is 14.7. The van der Waals surface area contributed by atoms with Crippen LogP contribution in [0.1, 0.15) is 36.4 Å². The quantitative estimate of drug-likeness (QED) is 0.442. The highest BCUT2D eigenvalue weighted by Crippen LogP contribution is 2.39. The van der Waals surface area contributed by atoms with Crippen LogP contribution < -0.4 is 5.32 Å². The lowest BCUT2D eigenvalue weighted by atomic mass is 9.94. The zero-order valence-electron chi connectivity index (χ0n) is 22.1. The molecule has 3 unspecified atom stereocenters. The molecule has 3 atom stereocenters. The summed E-state index contributed by atoms with van der Waals surface area (Å²) in [5.41, 5.74) is 0.731. The number of ether oxygens (including phenoxy) is 1. The van der Waals surface area contributed by atoms with Crippen LogP contribution in [0, 0.1) is 5.82 Å². The minimum Gasteiger partial charge on any atom is -0.480 e. The molecule has 4 heterocycles. The van der Waals surface area contributed by atoms with Crippen molar-refractivity contribution in [1.82, 2.24) is 25.0 Å². The largest absolute Gasteiger partial charge is 0.480 e. The molecule has 6 rings (SSSR count). The van der Waals surface area contributed by atoms with E-state index in [1.165, 1.54) is 23.5 Å². The number of carbonyl (C=O) groups is 3. The first-order valence-electron chi connectivity index (χ1n) is 13.4. The van der Waals surface area contributed by atoms with Crippen molar-refractivity contribution in [2.24, 2.45) is 4.99 Å². The summed E-state index contributed by atoms with van der Waals surface area (Å²) in [7, 11) is 0. The molecule has 0 bridgehead atoms. The van der Waals surface area contributed by atoms with Gasteiger partial charge in [-0.2, -0.15) is 0 Å². The van der Waals surface area contributed by atoms with E-state index < -0.39 is 35.9 Å².